The van der Waals surface area contributed by atoms with Crippen LogP contribution in [-0.4, -0.2) is 18.6 Å². The molecule has 0 spiro atoms. The maximum atomic E-state index is 5.96. The number of hydrogen-bond acceptors (Lipinski definition) is 3. The molecule has 86 valence electrons. The Labute approximate surface area is 106 Å². The molecule has 0 bridgehead atoms. The van der Waals surface area contributed by atoms with E-state index in [-0.39, 0.29) is 0 Å². The van der Waals surface area contributed by atoms with E-state index in [0.29, 0.717) is 6.04 Å². The Morgan fingerprint density at radius 1 is 1.53 bits per heavy atom. The molecule has 1 aromatic heterocycles. The summed E-state index contributed by atoms with van der Waals surface area (Å²) in [6, 6.07) is 4.61. The van der Waals surface area contributed by atoms with Crippen molar-refractivity contribution in [3.63, 3.8) is 0 Å². The number of halogens is 1. The van der Waals surface area contributed by atoms with E-state index in [1.807, 2.05) is 17.8 Å². The van der Waals surface area contributed by atoms with E-state index in [9.17, 15) is 0 Å². The molecule has 1 heterocycles. The standard InChI is InChI=1S/C11H18ClNS2/c1-3-7-13-9(6-8-14-2)10-4-5-11(12)15-10/h4-5,9,13H,3,6-8H2,1-2H3. The largest absolute Gasteiger partial charge is 0.309 e. The molecule has 15 heavy (non-hydrogen) atoms. The zero-order valence-electron chi connectivity index (χ0n) is 9.25. The van der Waals surface area contributed by atoms with Gasteiger partial charge < -0.3 is 5.32 Å². The van der Waals surface area contributed by atoms with Gasteiger partial charge in [0.15, 0.2) is 0 Å². The predicted octanol–water partition coefficient (Wildman–Crippen LogP) is 4.20. The van der Waals surface area contributed by atoms with Crippen LogP contribution >= 0.6 is 34.7 Å². The second-order valence-corrected chi connectivity index (χ2v) is 6.16. The summed E-state index contributed by atoms with van der Waals surface area (Å²) in [5, 5.41) is 3.57. The van der Waals surface area contributed by atoms with Gasteiger partial charge in [0.1, 0.15) is 0 Å². The Morgan fingerprint density at radius 3 is 2.87 bits per heavy atom. The van der Waals surface area contributed by atoms with Crippen molar-refractivity contribution in [2.24, 2.45) is 0 Å². The molecule has 0 aliphatic heterocycles. The van der Waals surface area contributed by atoms with Gasteiger partial charge in [-0.25, -0.2) is 0 Å². The summed E-state index contributed by atoms with van der Waals surface area (Å²) in [5.41, 5.74) is 0. The van der Waals surface area contributed by atoms with Crippen molar-refractivity contribution in [2.75, 3.05) is 18.6 Å². The molecular weight excluding hydrogens is 246 g/mol. The van der Waals surface area contributed by atoms with E-state index in [1.54, 1.807) is 11.3 Å². The van der Waals surface area contributed by atoms with E-state index < -0.39 is 0 Å². The maximum absolute atomic E-state index is 5.96. The molecule has 1 atom stereocenters. The highest BCUT2D eigenvalue weighted by Crippen LogP contribution is 2.29. The van der Waals surface area contributed by atoms with Crippen molar-refractivity contribution in [2.45, 2.75) is 25.8 Å². The fourth-order valence-corrected chi connectivity index (χ4v) is 3.06. The van der Waals surface area contributed by atoms with Gasteiger partial charge in [-0.2, -0.15) is 11.8 Å². The molecule has 1 aromatic rings. The van der Waals surface area contributed by atoms with Gasteiger partial charge in [-0.05, 0) is 43.5 Å². The minimum absolute atomic E-state index is 0.481. The van der Waals surface area contributed by atoms with Crippen LogP contribution < -0.4 is 5.32 Å². The third kappa shape index (κ3) is 4.77. The number of nitrogens with one attached hydrogen (secondary N) is 1. The van der Waals surface area contributed by atoms with Crippen LogP contribution in [0.4, 0.5) is 0 Å². The molecule has 0 fully saturated rings. The SMILES string of the molecule is CCCNC(CCSC)c1ccc(Cl)s1. The molecule has 1 rings (SSSR count). The number of rotatable bonds is 7. The molecule has 4 heteroatoms. The molecular formula is C11H18ClNS2. The number of hydrogen-bond donors (Lipinski definition) is 1. The quantitative estimate of drug-likeness (QED) is 0.792. The van der Waals surface area contributed by atoms with Crippen LogP contribution in [0.1, 0.15) is 30.7 Å². The lowest BCUT2D eigenvalue weighted by Crippen LogP contribution is -2.21. The smallest absolute Gasteiger partial charge is 0.0931 e. The summed E-state index contributed by atoms with van der Waals surface area (Å²) >= 11 is 9.54. The first-order valence-corrected chi connectivity index (χ1v) is 7.84. The lowest BCUT2D eigenvalue weighted by molar-refractivity contribution is 0.529. The van der Waals surface area contributed by atoms with Gasteiger partial charge in [0.05, 0.1) is 4.34 Å². The summed E-state index contributed by atoms with van der Waals surface area (Å²) in [5.74, 6) is 1.19. The Balaban J connectivity index is 2.54. The normalized spacial score (nSPS) is 13.0. The van der Waals surface area contributed by atoms with Crippen molar-refractivity contribution in [3.8, 4) is 0 Å². The summed E-state index contributed by atoms with van der Waals surface area (Å²) in [4.78, 5) is 1.36. The average Bonchev–Trinajstić information content (AvgIpc) is 2.65. The van der Waals surface area contributed by atoms with E-state index in [2.05, 4.69) is 24.6 Å². The van der Waals surface area contributed by atoms with Gasteiger partial charge >= 0.3 is 0 Å². The van der Waals surface area contributed by atoms with Crippen molar-refractivity contribution < 1.29 is 0 Å². The zero-order valence-corrected chi connectivity index (χ0v) is 11.6. The summed E-state index contributed by atoms with van der Waals surface area (Å²) < 4.78 is 0.887. The van der Waals surface area contributed by atoms with Crippen LogP contribution in [-0.2, 0) is 0 Å². The van der Waals surface area contributed by atoms with Gasteiger partial charge in [-0.3, -0.25) is 0 Å². The topological polar surface area (TPSA) is 12.0 Å². The lowest BCUT2D eigenvalue weighted by atomic mass is 10.2. The third-order valence-electron chi connectivity index (χ3n) is 2.19. The summed E-state index contributed by atoms with van der Waals surface area (Å²) in [6.45, 7) is 3.27. The minimum Gasteiger partial charge on any atom is -0.309 e. The first kappa shape index (κ1) is 13.4. The highest BCUT2D eigenvalue weighted by Gasteiger charge is 2.12. The molecule has 0 saturated carbocycles. The fourth-order valence-electron chi connectivity index (χ4n) is 1.41. The van der Waals surface area contributed by atoms with Gasteiger partial charge in [-0.1, -0.05) is 18.5 Å². The first-order chi connectivity index (χ1) is 7.27. The van der Waals surface area contributed by atoms with Crippen LogP contribution in [0.3, 0.4) is 0 Å². The summed E-state index contributed by atoms with van der Waals surface area (Å²) in [7, 11) is 0. The van der Waals surface area contributed by atoms with E-state index in [1.165, 1.54) is 23.5 Å². The van der Waals surface area contributed by atoms with Gasteiger partial charge in [0.25, 0.3) is 0 Å². The second-order valence-electron chi connectivity index (χ2n) is 3.43. The Bertz CT molecular complexity index is 267. The van der Waals surface area contributed by atoms with Crippen LogP contribution in [0.15, 0.2) is 12.1 Å². The molecule has 0 radical (unpaired) electrons. The third-order valence-corrected chi connectivity index (χ3v) is 4.18. The Hall–Kier alpha value is 0.300. The number of thiophene rings is 1. The van der Waals surface area contributed by atoms with Crippen LogP contribution in [0.25, 0.3) is 0 Å². The van der Waals surface area contributed by atoms with Crippen molar-refractivity contribution >= 4 is 34.7 Å². The second kappa shape index (κ2) is 7.55. The van der Waals surface area contributed by atoms with E-state index >= 15 is 0 Å². The molecule has 0 aliphatic rings. The Morgan fingerprint density at radius 2 is 2.33 bits per heavy atom. The Kier molecular flexibility index (Phi) is 6.73. The van der Waals surface area contributed by atoms with Gasteiger partial charge in [-0.15, -0.1) is 11.3 Å². The highest BCUT2D eigenvalue weighted by atomic mass is 35.5. The lowest BCUT2D eigenvalue weighted by Gasteiger charge is -2.16. The first-order valence-electron chi connectivity index (χ1n) is 5.25. The van der Waals surface area contributed by atoms with Crippen molar-refractivity contribution in [1.82, 2.24) is 5.32 Å². The minimum atomic E-state index is 0.481. The van der Waals surface area contributed by atoms with E-state index in [4.69, 9.17) is 11.6 Å². The molecule has 0 aliphatic carbocycles. The molecule has 1 nitrogen and oxygen atoms in total. The molecule has 1 unspecified atom stereocenters. The monoisotopic (exact) mass is 263 g/mol. The zero-order chi connectivity index (χ0) is 11.1. The molecule has 0 aromatic carbocycles. The van der Waals surface area contributed by atoms with Crippen molar-refractivity contribution in [1.29, 1.82) is 0 Å². The number of thioether (sulfide) groups is 1. The molecule has 0 amide bonds. The summed E-state index contributed by atoms with van der Waals surface area (Å²) in [6.07, 6.45) is 4.51. The average molecular weight is 264 g/mol. The van der Waals surface area contributed by atoms with Crippen molar-refractivity contribution in [3.05, 3.63) is 21.3 Å². The maximum Gasteiger partial charge on any atom is 0.0931 e. The molecule has 1 N–H and O–H groups in total. The predicted molar refractivity (Wildman–Crippen MR) is 73.4 cm³/mol. The fraction of sp³-hybridized carbons (Fsp3) is 0.636. The van der Waals surface area contributed by atoms with Crippen LogP contribution in [0, 0.1) is 0 Å². The van der Waals surface area contributed by atoms with E-state index in [0.717, 1.165) is 10.9 Å². The highest BCUT2D eigenvalue weighted by molar-refractivity contribution is 7.98. The van der Waals surface area contributed by atoms with Crippen LogP contribution in [0.5, 0.6) is 0 Å². The molecule has 0 saturated heterocycles. The van der Waals surface area contributed by atoms with Gasteiger partial charge in [0.2, 0.25) is 0 Å². The van der Waals surface area contributed by atoms with Gasteiger partial charge in [0, 0.05) is 10.9 Å². The van der Waals surface area contributed by atoms with Crippen LogP contribution in [0.2, 0.25) is 4.34 Å².